The van der Waals surface area contributed by atoms with E-state index < -0.39 is 0 Å². The molecule has 7 rings (SSSR count). The van der Waals surface area contributed by atoms with Gasteiger partial charge in [-0.3, -0.25) is 9.69 Å². The molecule has 0 spiro atoms. The zero-order valence-electron chi connectivity index (χ0n) is 27.1. The van der Waals surface area contributed by atoms with Crippen LogP contribution in [0.25, 0.3) is 11.4 Å². The molecule has 3 saturated heterocycles. The fourth-order valence-corrected chi connectivity index (χ4v) is 6.78. The Morgan fingerprint density at radius 1 is 0.766 bits per heavy atom. The third-order valence-electron chi connectivity index (χ3n) is 9.82. The van der Waals surface area contributed by atoms with Crippen molar-refractivity contribution in [1.29, 1.82) is 0 Å². The lowest BCUT2D eigenvalue weighted by molar-refractivity contribution is 0.0253. The zero-order valence-corrected chi connectivity index (χ0v) is 27.1. The molecule has 1 atom stereocenters. The fraction of sp³-hybridized carbons (Fsp3) is 0.514. The van der Waals surface area contributed by atoms with Crippen LogP contribution in [0.4, 0.5) is 22.1 Å². The summed E-state index contributed by atoms with van der Waals surface area (Å²) in [5.74, 6) is 2.36. The summed E-state index contributed by atoms with van der Waals surface area (Å²) in [5.41, 5.74) is 2.73. The lowest BCUT2D eigenvalue weighted by atomic mass is 9.90. The van der Waals surface area contributed by atoms with Gasteiger partial charge in [0.25, 0.3) is 5.91 Å². The Balaban J connectivity index is 0.966. The maximum Gasteiger partial charge on any atom is 0.323 e. The molecule has 0 radical (unpaired) electrons. The lowest BCUT2D eigenvalue weighted by Gasteiger charge is -2.46. The average Bonchev–Trinajstić information content (AvgIpc) is 3.08. The lowest BCUT2D eigenvalue weighted by Crippen LogP contribution is -2.57. The Labute approximate surface area is 275 Å². The molecule has 1 unspecified atom stereocenters. The molecular weight excluding hydrogens is 596 g/mol. The van der Waals surface area contributed by atoms with Crippen LogP contribution in [0.3, 0.4) is 0 Å². The molecule has 3 aromatic rings. The molecular formula is C35H44N8O4. The maximum atomic E-state index is 13.3. The van der Waals surface area contributed by atoms with E-state index in [4.69, 9.17) is 24.4 Å². The zero-order chi connectivity index (χ0) is 32.2. The van der Waals surface area contributed by atoms with Crippen LogP contribution in [0, 0.1) is 0 Å². The smallest absolute Gasteiger partial charge is 0.323 e. The fourth-order valence-electron chi connectivity index (χ4n) is 6.78. The van der Waals surface area contributed by atoms with Crippen LogP contribution in [0.2, 0.25) is 0 Å². The molecule has 3 aliphatic heterocycles. The van der Waals surface area contributed by atoms with Crippen LogP contribution in [-0.4, -0.2) is 108 Å². The second-order valence-electron chi connectivity index (χ2n) is 13.0. The molecule has 1 aliphatic carbocycles. The number of ether oxygens (including phenoxy) is 2. The van der Waals surface area contributed by atoms with E-state index in [9.17, 15) is 9.59 Å². The molecule has 1 aromatic heterocycles. The number of nitrogens with zero attached hydrogens (tertiary/aromatic N) is 6. The second-order valence-corrected chi connectivity index (χ2v) is 13.0. The Kier molecular flexibility index (Phi) is 9.59. The average molecular weight is 641 g/mol. The van der Waals surface area contributed by atoms with Crippen LogP contribution in [0.15, 0.2) is 48.5 Å². The minimum atomic E-state index is -0.367. The van der Waals surface area contributed by atoms with E-state index in [0.29, 0.717) is 61.2 Å². The number of benzene rings is 2. The van der Waals surface area contributed by atoms with Crippen molar-refractivity contribution in [3.8, 4) is 11.4 Å². The molecule has 2 aromatic carbocycles. The minimum absolute atomic E-state index is 0.0389. The Bertz CT molecular complexity index is 1500. The third-order valence-corrected chi connectivity index (χ3v) is 9.82. The summed E-state index contributed by atoms with van der Waals surface area (Å²) in [6.45, 7) is 8.94. The summed E-state index contributed by atoms with van der Waals surface area (Å²) in [4.78, 5) is 47.3. The summed E-state index contributed by atoms with van der Waals surface area (Å²) in [6.07, 6.45) is 5.66. The van der Waals surface area contributed by atoms with E-state index in [2.05, 4.69) is 27.4 Å². The quantitative estimate of drug-likeness (QED) is 0.381. The molecule has 2 N–H and O–H groups in total. The summed E-state index contributed by atoms with van der Waals surface area (Å²) >= 11 is 0. The summed E-state index contributed by atoms with van der Waals surface area (Å²) in [6, 6.07) is 15.1. The van der Waals surface area contributed by atoms with E-state index in [-0.39, 0.29) is 23.9 Å². The van der Waals surface area contributed by atoms with Crippen molar-refractivity contribution < 1.29 is 19.1 Å². The number of urea groups is 1. The van der Waals surface area contributed by atoms with Gasteiger partial charge in [0.1, 0.15) is 5.82 Å². The number of anilines is 3. The summed E-state index contributed by atoms with van der Waals surface area (Å²) < 4.78 is 11.1. The highest BCUT2D eigenvalue weighted by atomic mass is 16.5. The van der Waals surface area contributed by atoms with E-state index in [1.807, 2.05) is 29.2 Å². The van der Waals surface area contributed by atoms with Crippen LogP contribution in [0.5, 0.6) is 0 Å². The van der Waals surface area contributed by atoms with Crippen LogP contribution < -0.4 is 15.5 Å². The maximum absolute atomic E-state index is 13.3. The predicted molar refractivity (Wildman–Crippen MR) is 180 cm³/mol. The van der Waals surface area contributed by atoms with Gasteiger partial charge < -0.3 is 29.9 Å². The predicted octanol–water partition coefficient (Wildman–Crippen LogP) is 4.61. The van der Waals surface area contributed by atoms with Gasteiger partial charge in [-0.1, -0.05) is 6.42 Å². The first-order valence-corrected chi connectivity index (χ1v) is 17.0. The molecule has 0 bridgehead atoms. The van der Waals surface area contributed by atoms with Crippen molar-refractivity contribution in [1.82, 2.24) is 24.8 Å². The van der Waals surface area contributed by atoms with Gasteiger partial charge >= 0.3 is 6.03 Å². The van der Waals surface area contributed by atoms with Crippen molar-refractivity contribution >= 4 is 29.3 Å². The van der Waals surface area contributed by atoms with Gasteiger partial charge in [0, 0.05) is 86.4 Å². The summed E-state index contributed by atoms with van der Waals surface area (Å²) in [7, 11) is 0. The van der Waals surface area contributed by atoms with Crippen molar-refractivity contribution in [2.24, 2.45) is 0 Å². The molecule has 4 heterocycles. The Morgan fingerprint density at radius 2 is 1.43 bits per heavy atom. The first-order chi connectivity index (χ1) is 23.0. The number of amides is 3. The highest BCUT2D eigenvalue weighted by Crippen LogP contribution is 2.29. The largest absolute Gasteiger partial charge is 0.381 e. The van der Waals surface area contributed by atoms with E-state index >= 15 is 0 Å². The van der Waals surface area contributed by atoms with Gasteiger partial charge in [-0.25, -0.2) is 9.78 Å². The Morgan fingerprint density at radius 3 is 2.06 bits per heavy atom. The van der Waals surface area contributed by atoms with E-state index in [1.54, 1.807) is 24.3 Å². The van der Waals surface area contributed by atoms with Crippen LogP contribution in [-0.2, 0) is 9.47 Å². The number of hydrogen-bond donors (Lipinski definition) is 2. The normalized spacial score (nSPS) is 21.3. The van der Waals surface area contributed by atoms with Gasteiger partial charge in [-0.2, -0.15) is 9.97 Å². The number of nitrogens with one attached hydrogen (secondary N) is 2. The van der Waals surface area contributed by atoms with Crippen LogP contribution in [0.1, 0.15) is 61.1 Å². The van der Waals surface area contributed by atoms with E-state index in [0.717, 1.165) is 57.0 Å². The van der Waals surface area contributed by atoms with Gasteiger partial charge in [-0.15, -0.1) is 0 Å². The number of morpholine rings is 1. The third kappa shape index (κ3) is 7.39. The molecule has 12 heteroatoms. The second kappa shape index (κ2) is 14.3. The van der Waals surface area contributed by atoms with Crippen LogP contribution >= 0.6 is 0 Å². The van der Waals surface area contributed by atoms with Gasteiger partial charge in [-0.05, 0) is 81.1 Å². The standard InChI is InChI=1S/C35H44N8O4/c1-24-23-42(30-3-2-4-30)15-16-43(24)33(44)27-7-11-29(12-8-27)37-35(45)36-28-9-5-25(6-10-28)31-38-32(26-13-19-46-20-14-26)40-34(39-31)41-17-21-47-22-18-41/h5-12,24,26,30H,2-4,13-23H2,1H3,(H2,36,37,45). The molecule has 12 nitrogen and oxygen atoms in total. The molecule has 3 amide bonds. The molecule has 1 saturated carbocycles. The van der Waals surface area contributed by atoms with Gasteiger partial charge in [0.05, 0.1) is 13.2 Å². The van der Waals surface area contributed by atoms with Crippen molar-refractivity contribution in [2.75, 3.05) is 74.7 Å². The highest BCUT2D eigenvalue weighted by molar-refractivity contribution is 6.00. The summed E-state index contributed by atoms with van der Waals surface area (Å²) in [5, 5.41) is 5.76. The number of hydrogen-bond acceptors (Lipinski definition) is 9. The Hall–Kier alpha value is -4.13. The molecule has 248 valence electrons. The minimum Gasteiger partial charge on any atom is -0.381 e. The number of carbonyl (C=O) groups excluding carboxylic acids is 2. The molecule has 4 aliphatic rings. The van der Waals surface area contributed by atoms with Crippen molar-refractivity contribution in [3.05, 3.63) is 59.9 Å². The topological polar surface area (TPSA) is 125 Å². The molecule has 4 fully saturated rings. The van der Waals surface area contributed by atoms with Crippen molar-refractivity contribution in [3.63, 3.8) is 0 Å². The monoisotopic (exact) mass is 640 g/mol. The highest BCUT2D eigenvalue weighted by Gasteiger charge is 2.33. The number of carbonyl (C=O) groups is 2. The first kappa shape index (κ1) is 31.5. The van der Waals surface area contributed by atoms with Crippen molar-refractivity contribution in [2.45, 2.75) is 57.0 Å². The van der Waals surface area contributed by atoms with Gasteiger partial charge in [0.15, 0.2) is 5.82 Å². The first-order valence-electron chi connectivity index (χ1n) is 17.0. The van der Waals surface area contributed by atoms with Gasteiger partial charge in [0.2, 0.25) is 5.95 Å². The SMILES string of the molecule is CC1CN(C2CCC2)CCN1C(=O)c1ccc(NC(=O)Nc2ccc(-c3nc(C4CCOCC4)nc(N4CCOCC4)n3)cc2)cc1. The van der Waals surface area contributed by atoms with E-state index in [1.165, 1.54) is 19.3 Å². The molecule has 47 heavy (non-hydrogen) atoms. The number of rotatable bonds is 7. The number of aromatic nitrogens is 3. The number of piperazine rings is 1.